The number of hydrogen-bond acceptors (Lipinski definition) is 3. The summed E-state index contributed by atoms with van der Waals surface area (Å²) in [5, 5.41) is 32.1. The van der Waals surface area contributed by atoms with Crippen LogP contribution in [0.5, 0.6) is 0 Å². The van der Waals surface area contributed by atoms with E-state index in [2.05, 4.69) is 5.32 Å². The number of aliphatic hydroxyl groups excluding tert-OH is 2. The third kappa shape index (κ3) is 5.83. The Hall–Kier alpha value is -0.810. The zero-order valence-electron chi connectivity index (χ0n) is 13.3. The highest BCUT2D eigenvalue weighted by Gasteiger charge is 2.33. The van der Waals surface area contributed by atoms with Crippen LogP contribution in [0.1, 0.15) is 65.2 Å². The molecule has 1 fully saturated rings. The molecule has 1 saturated carbocycles. The number of aliphatic hydroxyl groups is 2. The SMILES string of the molecule is CCC(CC)C(O)[C@H](O)[C@H](CC1CCCCC1)NC(=O)O. The summed E-state index contributed by atoms with van der Waals surface area (Å²) in [7, 11) is 0. The molecule has 0 saturated heterocycles. The molecule has 0 aliphatic heterocycles. The minimum Gasteiger partial charge on any atom is -0.465 e. The average Bonchev–Trinajstić information content (AvgIpc) is 2.47. The molecule has 0 bridgehead atoms. The van der Waals surface area contributed by atoms with Crippen LogP contribution in [0.3, 0.4) is 0 Å². The standard InChI is InChI=1S/C16H31NO4/c1-3-12(4-2)14(18)15(19)13(17-16(20)21)10-11-8-6-5-7-9-11/h11-15,17-19H,3-10H2,1-2H3,(H,20,21)/t13-,14?,15+/m0/s1. The molecule has 1 unspecified atom stereocenters. The van der Waals surface area contributed by atoms with Crippen molar-refractivity contribution < 1.29 is 20.1 Å². The van der Waals surface area contributed by atoms with E-state index in [0.717, 1.165) is 25.7 Å². The Morgan fingerprint density at radius 1 is 1.10 bits per heavy atom. The molecule has 0 spiro atoms. The van der Waals surface area contributed by atoms with Gasteiger partial charge in [-0.1, -0.05) is 58.8 Å². The zero-order valence-corrected chi connectivity index (χ0v) is 13.3. The number of rotatable bonds is 8. The molecule has 0 radical (unpaired) electrons. The van der Waals surface area contributed by atoms with E-state index >= 15 is 0 Å². The van der Waals surface area contributed by atoms with Gasteiger partial charge in [0.05, 0.1) is 12.1 Å². The van der Waals surface area contributed by atoms with Gasteiger partial charge in [-0.2, -0.15) is 0 Å². The molecular weight excluding hydrogens is 270 g/mol. The Bertz CT molecular complexity index is 301. The highest BCUT2D eigenvalue weighted by Crippen LogP contribution is 2.29. The van der Waals surface area contributed by atoms with E-state index in [1.54, 1.807) is 0 Å². The highest BCUT2D eigenvalue weighted by atomic mass is 16.4. The van der Waals surface area contributed by atoms with Gasteiger partial charge in [0, 0.05) is 0 Å². The summed E-state index contributed by atoms with van der Waals surface area (Å²) in [6.07, 6.45) is 4.90. The fourth-order valence-electron chi connectivity index (χ4n) is 3.51. The van der Waals surface area contributed by atoms with Gasteiger partial charge in [-0.15, -0.1) is 0 Å². The van der Waals surface area contributed by atoms with Crippen LogP contribution in [0, 0.1) is 11.8 Å². The fraction of sp³-hybridized carbons (Fsp3) is 0.938. The van der Waals surface area contributed by atoms with Gasteiger partial charge in [0.15, 0.2) is 0 Å². The number of carbonyl (C=O) groups is 1. The van der Waals surface area contributed by atoms with Gasteiger partial charge in [0.25, 0.3) is 0 Å². The van der Waals surface area contributed by atoms with Gasteiger partial charge in [0.1, 0.15) is 6.10 Å². The molecule has 0 aromatic rings. The topological polar surface area (TPSA) is 89.8 Å². The molecule has 0 aromatic heterocycles. The van der Waals surface area contributed by atoms with Gasteiger partial charge in [-0.3, -0.25) is 0 Å². The lowest BCUT2D eigenvalue weighted by molar-refractivity contribution is -0.0414. The van der Waals surface area contributed by atoms with E-state index in [0.29, 0.717) is 12.3 Å². The summed E-state index contributed by atoms with van der Waals surface area (Å²) in [5.74, 6) is 0.448. The van der Waals surface area contributed by atoms with E-state index in [4.69, 9.17) is 5.11 Å². The van der Waals surface area contributed by atoms with Crippen molar-refractivity contribution in [2.75, 3.05) is 0 Å². The van der Waals surface area contributed by atoms with Crippen LogP contribution >= 0.6 is 0 Å². The van der Waals surface area contributed by atoms with Crippen molar-refractivity contribution in [3.05, 3.63) is 0 Å². The van der Waals surface area contributed by atoms with Crippen molar-refractivity contribution in [1.82, 2.24) is 5.32 Å². The molecule has 21 heavy (non-hydrogen) atoms. The summed E-state index contributed by atoms with van der Waals surface area (Å²) in [6.45, 7) is 3.95. The van der Waals surface area contributed by atoms with Crippen LogP contribution in [-0.4, -0.2) is 39.7 Å². The van der Waals surface area contributed by atoms with Crippen LogP contribution in [0.4, 0.5) is 4.79 Å². The maximum atomic E-state index is 11.0. The first-order valence-corrected chi connectivity index (χ1v) is 8.35. The minimum absolute atomic E-state index is 0.00412. The molecule has 0 heterocycles. The second-order valence-corrected chi connectivity index (χ2v) is 6.35. The first-order valence-electron chi connectivity index (χ1n) is 8.35. The number of hydrogen-bond donors (Lipinski definition) is 4. The Balaban J connectivity index is 2.67. The van der Waals surface area contributed by atoms with E-state index < -0.39 is 24.3 Å². The predicted molar refractivity (Wildman–Crippen MR) is 82.2 cm³/mol. The lowest BCUT2D eigenvalue weighted by atomic mass is 9.81. The smallest absolute Gasteiger partial charge is 0.404 e. The average molecular weight is 301 g/mol. The summed E-state index contributed by atoms with van der Waals surface area (Å²) in [4.78, 5) is 11.0. The second kappa shape index (κ2) is 9.26. The van der Waals surface area contributed by atoms with Crippen molar-refractivity contribution in [2.45, 2.75) is 83.5 Å². The summed E-state index contributed by atoms with van der Waals surface area (Å²) in [6, 6.07) is -0.582. The van der Waals surface area contributed by atoms with Gasteiger partial charge >= 0.3 is 6.09 Å². The summed E-state index contributed by atoms with van der Waals surface area (Å²) >= 11 is 0. The molecule has 0 aromatic carbocycles. The number of amides is 1. The lowest BCUT2D eigenvalue weighted by Gasteiger charge is -2.33. The van der Waals surface area contributed by atoms with E-state index in [1.807, 2.05) is 13.8 Å². The van der Waals surface area contributed by atoms with Crippen LogP contribution < -0.4 is 5.32 Å². The van der Waals surface area contributed by atoms with Crippen LogP contribution in [0.2, 0.25) is 0 Å². The summed E-state index contributed by atoms with van der Waals surface area (Å²) < 4.78 is 0. The Morgan fingerprint density at radius 3 is 2.14 bits per heavy atom. The van der Waals surface area contributed by atoms with E-state index in [9.17, 15) is 15.0 Å². The first-order chi connectivity index (χ1) is 9.99. The molecule has 3 atom stereocenters. The van der Waals surface area contributed by atoms with Gasteiger partial charge in [-0.25, -0.2) is 4.79 Å². The normalized spacial score (nSPS) is 21.0. The monoisotopic (exact) mass is 301 g/mol. The van der Waals surface area contributed by atoms with Gasteiger partial charge < -0.3 is 20.6 Å². The van der Waals surface area contributed by atoms with E-state index in [1.165, 1.54) is 19.3 Å². The van der Waals surface area contributed by atoms with Crippen LogP contribution in [0.15, 0.2) is 0 Å². The first kappa shape index (κ1) is 18.2. The molecule has 1 aliphatic rings. The second-order valence-electron chi connectivity index (χ2n) is 6.35. The maximum absolute atomic E-state index is 11.0. The zero-order chi connectivity index (χ0) is 15.8. The maximum Gasteiger partial charge on any atom is 0.404 e. The Morgan fingerprint density at radius 2 is 1.67 bits per heavy atom. The molecule has 5 heteroatoms. The van der Waals surface area contributed by atoms with Crippen molar-refractivity contribution in [2.24, 2.45) is 11.8 Å². The van der Waals surface area contributed by atoms with Crippen LogP contribution in [0.25, 0.3) is 0 Å². The van der Waals surface area contributed by atoms with Crippen molar-refractivity contribution in [1.29, 1.82) is 0 Å². The van der Waals surface area contributed by atoms with Gasteiger partial charge in [-0.05, 0) is 18.3 Å². The third-order valence-corrected chi connectivity index (χ3v) is 4.91. The number of carboxylic acid groups (broad SMARTS) is 1. The van der Waals surface area contributed by atoms with Crippen LogP contribution in [-0.2, 0) is 0 Å². The Labute approximate surface area is 127 Å². The van der Waals surface area contributed by atoms with E-state index in [-0.39, 0.29) is 5.92 Å². The molecule has 124 valence electrons. The molecule has 1 amide bonds. The molecule has 1 aliphatic carbocycles. The fourth-order valence-corrected chi connectivity index (χ4v) is 3.51. The lowest BCUT2D eigenvalue weighted by Crippen LogP contribution is -2.51. The minimum atomic E-state index is -1.13. The molecule has 5 nitrogen and oxygen atoms in total. The Kier molecular flexibility index (Phi) is 8.04. The predicted octanol–water partition coefficient (Wildman–Crippen LogP) is 2.75. The molecule has 1 rings (SSSR count). The van der Waals surface area contributed by atoms with Crippen molar-refractivity contribution in [3.8, 4) is 0 Å². The molecule has 4 N–H and O–H groups in total. The quantitative estimate of drug-likeness (QED) is 0.555. The highest BCUT2D eigenvalue weighted by molar-refractivity contribution is 5.64. The largest absolute Gasteiger partial charge is 0.465 e. The van der Waals surface area contributed by atoms with Gasteiger partial charge in [0.2, 0.25) is 0 Å². The summed E-state index contributed by atoms with van der Waals surface area (Å²) in [5.41, 5.74) is 0. The van der Waals surface area contributed by atoms with Crippen molar-refractivity contribution in [3.63, 3.8) is 0 Å². The third-order valence-electron chi connectivity index (χ3n) is 4.91. The number of nitrogens with one attached hydrogen (secondary N) is 1. The van der Waals surface area contributed by atoms with Crippen molar-refractivity contribution >= 4 is 6.09 Å². The molecular formula is C16H31NO4.